The Bertz CT molecular complexity index is 319. The molecule has 0 atom stereocenters. The summed E-state index contributed by atoms with van der Waals surface area (Å²) >= 11 is 0. The van der Waals surface area contributed by atoms with Gasteiger partial charge in [-0.3, -0.25) is 4.79 Å². The summed E-state index contributed by atoms with van der Waals surface area (Å²) in [5, 5.41) is 2.85. The minimum atomic E-state index is 0.0196. The van der Waals surface area contributed by atoms with Crippen molar-refractivity contribution < 1.29 is 4.79 Å². The summed E-state index contributed by atoms with van der Waals surface area (Å²) in [7, 11) is 5.84. The zero-order valence-corrected chi connectivity index (χ0v) is 9.53. The fourth-order valence-corrected chi connectivity index (χ4v) is 1.19. The fourth-order valence-electron chi connectivity index (χ4n) is 1.19. The van der Waals surface area contributed by atoms with Crippen LogP contribution in [0.3, 0.4) is 0 Å². The molecule has 0 aliphatic heterocycles. The second-order valence-corrected chi connectivity index (χ2v) is 3.78. The molecule has 1 heterocycles. The maximum Gasteiger partial charge on any atom is 0.227 e. The molecule has 0 bridgehead atoms. The average Bonchev–Trinajstić information content (AvgIpc) is 2.51. The van der Waals surface area contributed by atoms with Gasteiger partial charge in [0.15, 0.2) is 0 Å². The molecule has 1 rings (SSSR count). The lowest BCUT2D eigenvalue weighted by molar-refractivity contribution is -0.120. The number of aromatic nitrogens is 2. The Kier molecular flexibility index (Phi) is 4.30. The third kappa shape index (κ3) is 4.12. The Labute approximate surface area is 90.1 Å². The Morgan fingerprint density at radius 2 is 2.33 bits per heavy atom. The predicted molar refractivity (Wildman–Crippen MR) is 58.5 cm³/mol. The number of amides is 1. The number of hydrogen-bond donors (Lipinski definition) is 1. The summed E-state index contributed by atoms with van der Waals surface area (Å²) in [6.45, 7) is 1.53. The maximum absolute atomic E-state index is 11.5. The second kappa shape index (κ2) is 5.50. The molecule has 0 aromatic carbocycles. The molecule has 1 N–H and O–H groups in total. The molecule has 84 valence electrons. The highest BCUT2D eigenvalue weighted by molar-refractivity contribution is 5.77. The molecule has 0 saturated heterocycles. The predicted octanol–water partition coefficient (Wildman–Crippen LogP) is -0.360. The van der Waals surface area contributed by atoms with Crippen molar-refractivity contribution in [2.24, 2.45) is 7.05 Å². The number of nitrogens with zero attached hydrogens (tertiary/aromatic N) is 3. The number of aryl methyl sites for hydroxylation is 1. The molecule has 15 heavy (non-hydrogen) atoms. The summed E-state index contributed by atoms with van der Waals surface area (Å²) in [5.74, 6) is 0.809. The van der Waals surface area contributed by atoms with E-state index in [2.05, 4.69) is 10.3 Å². The molecule has 0 aliphatic rings. The first kappa shape index (κ1) is 11.7. The van der Waals surface area contributed by atoms with Crippen LogP contribution in [0.2, 0.25) is 0 Å². The molecule has 0 unspecified atom stereocenters. The van der Waals surface area contributed by atoms with Gasteiger partial charge in [-0.25, -0.2) is 4.98 Å². The minimum Gasteiger partial charge on any atom is -0.354 e. The van der Waals surface area contributed by atoms with E-state index in [9.17, 15) is 4.79 Å². The van der Waals surface area contributed by atoms with Gasteiger partial charge >= 0.3 is 0 Å². The Morgan fingerprint density at radius 1 is 1.60 bits per heavy atom. The Balaban J connectivity index is 2.28. The number of imidazole rings is 1. The van der Waals surface area contributed by atoms with Crippen molar-refractivity contribution in [3.8, 4) is 0 Å². The van der Waals surface area contributed by atoms with Crippen molar-refractivity contribution in [1.82, 2.24) is 19.8 Å². The van der Waals surface area contributed by atoms with Crippen LogP contribution in [0.4, 0.5) is 0 Å². The smallest absolute Gasteiger partial charge is 0.227 e. The van der Waals surface area contributed by atoms with E-state index >= 15 is 0 Å². The molecule has 0 fully saturated rings. The third-order valence-corrected chi connectivity index (χ3v) is 2.12. The lowest BCUT2D eigenvalue weighted by Gasteiger charge is -2.10. The van der Waals surface area contributed by atoms with E-state index < -0.39 is 0 Å². The van der Waals surface area contributed by atoms with E-state index in [-0.39, 0.29) is 5.91 Å². The molecule has 1 aromatic rings. The molecule has 0 spiro atoms. The van der Waals surface area contributed by atoms with E-state index in [1.165, 1.54) is 0 Å². The summed E-state index contributed by atoms with van der Waals surface area (Å²) < 4.78 is 1.85. The van der Waals surface area contributed by atoms with E-state index in [1.54, 1.807) is 6.20 Å². The van der Waals surface area contributed by atoms with Crippen LogP contribution in [0.5, 0.6) is 0 Å². The fraction of sp³-hybridized carbons (Fsp3) is 0.600. The van der Waals surface area contributed by atoms with Gasteiger partial charge in [0.2, 0.25) is 5.91 Å². The standard InChI is InChI=1S/C10H18N4O/c1-13(2)6-4-12-10(15)8-9-11-5-7-14(9)3/h5,7H,4,6,8H2,1-3H3,(H,12,15). The number of rotatable bonds is 5. The molecule has 1 amide bonds. The molecular formula is C10H18N4O. The van der Waals surface area contributed by atoms with Crippen molar-refractivity contribution >= 4 is 5.91 Å². The van der Waals surface area contributed by atoms with Crippen LogP contribution in [0.25, 0.3) is 0 Å². The molecule has 5 nitrogen and oxygen atoms in total. The van der Waals surface area contributed by atoms with Crippen molar-refractivity contribution in [2.75, 3.05) is 27.2 Å². The van der Waals surface area contributed by atoms with Crippen molar-refractivity contribution in [3.63, 3.8) is 0 Å². The number of likely N-dealkylation sites (N-methyl/N-ethyl adjacent to an activating group) is 1. The Hall–Kier alpha value is -1.36. The van der Waals surface area contributed by atoms with Crippen molar-refractivity contribution in [1.29, 1.82) is 0 Å². The highest BCUT2D eigenvalue weighted by atomic mass is 16.1. The normalized spacial score (nSPS) is 10.7. The molecule has 5 heteroatoms. The van der Waals surface area contributed by atoms with E-state index in [0.29, 0.717) is 13.0 Å². The van der Waals surface area contributed by atoms with E-state index in [1.807, 2.05) is 36.8 Å². The van der Waals surface area contributed by atoms with Crippen LogP contribution in [-0.4, -0.2) is 47.5 Å². The lowest BCUT2D eigenvalue weighted by atomic mass is 10.3. The Morgan fingerprint density at radius 3 is 2.87 bits per heavy atom. The van der Waals surface area contributed by atoms with Gasteiger partial charge < -0.3 is 14.8 Å². The van der Waals surface area contributed by atoms with Crippen LogP contribution >= 0.6 is 0 Å². The van der Waals surface area contributed by atoms with Crippen molar-refractivity contribution in [2.45, 2.75) is 6.42 Å². The first-order chi connectivity index (χ1) is 7.09. The number of carbonyl (C=O) groups excluding carboxylic acids is 1. The minimum absolute atomic E-state index is 0.0196. The van der Waals surface area contributed by atoms with Gasteiger partial charge in [-0.2, -0.15) is 0 Å². The molecule has 0 aliphatic carbocycles. The van der Waals surface area contributed by atoms with Crippen LogP contribution in [0, 0.1) is 0 Å². The number of carbonyl (C=O) groups is 1. The van der Waals surface area contributed by atoms with Crippen LogP contribution in [0.15, 0.2) is 12.4 Å². The van der Waals surface area contributed by atoms with Crippen LogP contribution < -0.4 is 5.32 Å². The van der Waals surface area contributed by atoms with Crippen LogP contribution in [0.1, 0.15) is 5.82 Å². The maximum atomic E-state index is 11.5. The van der Waals surface area contributed by atoms with E-state index in [4.69, 9.17) is 0 Å². The summed E-state index contributed by atoms with van der Waals surface area (Å²) in [4.78, 5) is 17.6. The molecule has 0 saturated carbocycles. The zero-order valence-electron chi connectivity index (χ0n) is 9.53. The lowest BCUT2D eigenvalue weighted by Crippen LogP contribution is -2.32. The second-order valence-electron chi connectivity index (χ2n) is 3.78. The average molecular weight is 210 g/mol. The number of nitrogens with one attached hydrogen (secondary N) is 1. The van der Waals surface area contributed by atoms with Crippen molar-refractivity contribution in [3.05, 3.63) is 18.2 Å². The highest BCUT2D eigenvalue weighted by Crippen LogP contribution is 1.94. The monoisotopic (exact) mass is 210 g/mol. The topological polar surface area (TPSA) is 50.2 Å². The SMILES string of the molecule is CN(C)CCNC(=O)Cc1nccn1C. The summed E-state index contributed by atoms with van der Waals surface area (Å²) in [6.07, 6.45) is 3.88. The number of hydrogen-bond acceptors (Lipinski definition) is 3. The van der Waals surface area contributed by atoms with Gasteiger partial charge in [0.25, 0.3) is 0 Å². The first-order valence-corrected chi connectivity index (χ1v) is 4.97. The quantitative estimate of drug-likeness (QED) is 0.722. The highest BCUT2D eigenvalue weighted by Gasteiger charge is 2.06. The summed E-state index contributed by atoms with van der Waals surface area (Å²) in [5.41, 5.74) is 0. The third-order valence-electron chi connectivity index (χ3n) is 2.12. The zero-order chi connectivity index (χ0) is 11.3. The molecule has 0 radical (unpaired) electrons. The van der Waals surface area contributed by atoms with E-state index in [0.717, 1.165) is 12.4 Å². The largest absolute Gasteiger partial charge is 0.354 e. The summed E-state index contributed by atoms with van der Waals surface area (Å²) in [6, 6.07) is 0. The van der Waals surface area contributed by atoms with Gasteiger partial charge in [0, 0.05) is 32.5 Å². The van der Waals surface area contributed by atoms with Gasteiger partial charge in [0.1, 0.15) is 5.82 Å². The van der Waals surface area contributed by atoms with Gasteiger partial charge in [0.05, 0.1) is 6.42 Å². The molecular weight excluding hydrogens is 192 g/mol. The van der Waals surface area contributed by atoms with Gasteiger partial charge in [-0.05, 0) is 14.1 Å². The molecule has 1 aromatic heterocycles. The van der Waals surface area contributed by atoms with Gasteiger partial charge in [-0.1, -0.05) is 0 Å². The van der Waals surface area contributed by atoms with Crippen LogP contribution in [-0.2, 0) is 18.3 Å². The van der Waals surface area contributed by atoms with Gasteiger partial charge in [-0.15, -0.1) is 0 Å². The first-order valence-electron chi connectivity index (χ1n) is 4.97.